The highest BCUT2D eigenvalue weighted by Gasteiger charge is 2.22. The first-order chi connectivity index (χ1) is 11.7. The van der Waals surface area contributed by atoms with Gasteiger partial charge in [0, 0.05) is 11.1 Å². The summed E-state index contributed by atoms with van der Waals surface area (Å²) < 4.78 is 15.8. The van der Waals surface area contributed by atoms with Crippen LogP contribution in [0.2, 0.25) is 0 Å². The molecule has 0 aromatic heterocycles. The van der Waals surface area contributed by atoms with Crippen LogP contribution in [0.4, 0.5) is 0 Å². The zero-order chi connectivity index (χ0) is 17.1. The van der Waals surface area contributed by atoms with Crippen LogP contribution in [0.1, 0.15) is 27.9 Å². The van der Waals surface area contributed by atoms with Gasteiger partial charge in [0.25, 0.3) is 0 Å². The van der Waals surface area contributed by atoms with Crippen molar-refractivity contribution in [3.63, 3.8) is 0 Å². The van der Waals surface area contributed by atoms with Gasteiger partial charge in [-0.25, -0.2) is 0 Å². The molecule has 0 N–H and O–H groups in total. The predicted molar refractivity (Wildman–Crippen MR) is 93.2 cm³/mol. The van der Waals surface area contributed by atoms with Crippen LogP contribution in [0.15, 0.2) is 42.0 Å². The Hall–Kier alpha value is -2.75. The molecule has 3 rings (SSSR count). The molecule has 124 valence electrons. The molecule has 0 saturated heterocycles. The van der Waals surface area contributed by atoms with E-state index in [1.807, 2.05) is 42.5 Å². The van der Waals surface area contributed by atoms with Crippen molar-refractivity contribution in [2.45, 2.75) is 12.8 Å². The van der Waals surface area contributed by atoms with Gasteiger partial charge in [-0.1, -0.05) is 12.1 Å². The number of ketones is 1. The Morgan fingerprint density at radius 1 is 0.875 bits per heavy atom. The lowest BCUT2D eigenvalue weighted by Gasteiger charge is -2.18. The van der Waals surface area contributed by atoms with Gasteiger partial charge >= 0.3 is 0 Å². The van der Waals surface area contributed by atoms with E-state index in [1.54, 1.807) is 21.3 Å². The van der Waals surface area contributed by atoms with E-state index < -0.39 is 0 Å². The van der Waals surface area contributed by atoms with E-state index in [4.69, 9.17) is 14.2 Å². The second kappa shape index (κ2) is 6.79. The first kappa shape index (κ1) is 16.1. The molecule has 24 heavy (non-hydrogen) atoms. The minimum absolute atomic E-state index is 0.0601. The predicted octanol–water partition coefficient (Wildman–Crippen LogP) is 3.92. The van der Waals surface area contributed by atoms with Crippen molar-refractivity contribution >= 4 is 11.9 Å². The average Bonchev–Trinajstić information content (AvgIpc) is 2.63. The van der Waals surface area contributed by atoms with E-state index in [2.05, 4.69) is 0 Å². The van der Waals surface area contributed by atoms with Crippen LogP contribution in [0.25, 0.3) is 6.08 Å². The summed E-state index contributed by atoms with van der Waals surface area (Å²) in [5, 5.41) is 0. The Bertz CT molecular complexity index is 805. The molecule has 1 aliphatic carbocycles. The standard InChI is InChI=1S/C20H20O4/c1-22-16-8-7-14-5-6-15(20(21)17(14)12-16)10-13-4-9-18(23-2)19(11-13)24-3/h4,7-12H,5-6H2,1-3H3/b15-10+. The van der Waals surface area contributed by atoms with Gasteiger partial charge in [0.05, 0.1) is 21.3 Å². The van der Waals surface area contributed by atoms with Gasteiger partial charge < -0.3 is 14.2 Å². The van der Waals surface area contributed by atoms with Crippen LogP contribution in [0.5, 0.6) is 17.2 Å². The Morgan fingerprint density at radius 3 is 2.38 bits per heavy atom. The van der Waals surface area contributed by atoms with E-state index in [1.165, 1.54) is 0 Å². The summed E-state index contributed by atoms with van der Waals surface area (Å²) in [6, 6.07) is 11.3. The molecule has 2 aromatic rings. The monoisotopic (exact) mass is 324 g/mol. The Labute approximate surface area is 141 Å². The number of ether oxygens (including phenoxy) is 3. The fourth-order valence-electron chi connectivity index (χ4n) is 2.95. The Morgan fingerprint density at radius 2 is 1.67 bits per heavy atom. The second-order valence-corrected chi connectivity index (χ2v) is 5.64. The van der Waals surface area contributed by atoms with Crippen LogP contribution in [-0.2, 0) is 6.42 Å². The van der Waals surface area contributed by atoms with Crippen LogP contribution in [0.3, 0.4) is 0 Å². The van der Waals surface area contributed by atoms with Crippen molar-refractivity contribution in [3.8, 4) is 17.2 Å². The van der Waals surface area contributed by atoms with Crippen molar-refractivity contribution in [1.29, 1.82) is 0 Å². The van der Waals surface area contributed by atoms with Crippen molar-refractivity contribution < 1.29 is 19.0 Å². The summed E-state index contributed by atoms with van der Waals surface area (Å²) in [4.78, 5) is 12.8. The lowest BCUT2D eigenvalue weighted by molar-refractivity contribution is 0.102. The van der Waals surface area contributed by atoms with Crippen molar-refractivity contribution in [1.82, 2.24) is 0 Å². The van der Waals surface area contributed by atoms with Crippen molar-refractivity contribution in [2.75, 3.05) is 21.3 Å². The van der Waals surface area contributed by atoms with E-state index in [0.717, 1.165) is 35.1 Å². The van der Waals surface area contributed by atoms with Gasteiger partial charge in [-0.05, 0) is 54.3 Å². The maximum absolute atomic E-state index is 12.8. The second-order valence-electron chi connectivity index (χ2n) is 5.64. The normalized spacial score (nSPS) is 15.1. The molecule has 0 fully saturated rings. The van der Waals surface area contributed by atoms with Gasteiger partial charge in [-0.15, -0.1) is 0 Å². The number of hydrogen-bond acceptors (Lipinski definition) is 4. The molecular formula is C20H20O4. The van der Waals surface area contributed by atoms with Crippen LogP contribution in [-0.4, -0.2) is 27.1 Å². The third-order valence-corrected chi connectivity index (χ3v) is 4.27. The van der Waals surface area contributed by atoms with Gasteiger partial charge in [-0.2, -0.15) is 0 Å². The number of fused-ring (bicyclic) bond motifs is 1. The zero-order valence-corrected chi connectivity index (χ0v) is 14.1. The molecular weight excluding hydrogens is 304 g/mol. The van der Waals surface area contributed by atoms with Gasteiger partial charge in [0.15, 0.2) is 17.3 Å². The molecule has 0 aliphatic heterocycles. The number of carbonyl (C=O) groups is 1. The zero-order valence-electron chi connectivity index (χ0n) is 14.1. The molecule has 0 unspecified atom stereocenters. The molecule has 0 heterocycles. The Kier molecular flexibility index (Phi) is 4.56. The molecule has 0 radical (unpaired) electrons. The van der Waals surface area contributed by atoms with E-state index in [-0.39, 0.29) is 5.78 Å². The van der Waals surface area contributed by atoms with E-state index in [0.29, 0.717) is 17.2 Å². The highest BCUT2D eigenvalue weighted by atomic mass is 16.5. The first-order valence-electron chi connectivity index (χ1n) is 7.80. The summed E-state index contributed by atoms with van der Waals surface area (Å²) in [5.41, 5.74) is 3.52. The number of Topliss-reactive ketones (excluding diaryl/α,β-unsaturated/α-hetero) is 1. The molecule has 0 atom stereocenters. The molecule has 0 bridgehead atoms. The van der Waals surface area contributed by atoms with E-state index >= 15 is 0 Å². The quantitative estimate of drug-likeness (QED) is 0.800. The molecule has 0 amide bonds. The fourth-order valence-corrected chi connectivity index (χ4v) is 2.95. The summed E-state index contributed by atoms with van der Waals surface area (Å²) in [6.45, 7) is 0. The van der Waals surface area contributed by atoms with Crippen LogP contribution >= 0.6 is 0 Å². The number of rotatable bonds is 4. The van der Waals surface area contributed by atoms with E-state index in [9.17, 15) is 4.79 Å². The largest absolute Gasteiger partial charge is 0.497 e. The number of carbonyl (C=O) groups excluding carboxylic acids is 1. The number of aryl methyl sites for hydroxylation is 1. The molecule has 1 aliphatic rings. The molecule has 2 aromatic carbocycles. The first-order valence-corrected chi connectivity index (χ1v) is 7.80. The van der Waals surface area contributed by atoms with Gasteiger partial charge in [0.2, 0.25) is 0 Å². The third-order valence-electron chi connectivity index (χ3n) is 4.27. The average molecular weight is 324 g/mol. The summed E-state index contributed by atoms with van der Waals surface area (Å²) in [6.07, 6.45) is 3.50. The minimum atomic E-state index is 0.0601. The van der Waals surface area contributed by atoms with Crippen molar-refractivity contribution in [2.24, 2.45) is 0 Å². The minimum Gasteiger partial charge on any atom is -0.497 e. The summed E-state index contributed by atoms with van der Waals surface area (Å²) >= 11 is 0. The highest BCUT2D eigenvalue weighted by molar-refractivity contribution is 6.13. The lowest BCUT2D eigenvalue weighted by atomic mass is 9.86. The van der Waals surface area contributed by atoms with Gasteiger partial charge in [-0.3, -0.25) is 4.79 Å². The highest BCUT2D eigenvalue weighted by Crippen LogP contribution is 2.32. The topological polar surface area (TPSA) is 44.8 Å². The maximum Gasteiger partial charge on any atom is 0.189 e. The van der Waals surface area contributed by atoms with Gasteiger partial charge in [0.1, 0.15) is 5.75 Å². The number of hydrogen-bond donors (Lipinski definition) is 0. The number of methoxy groups -OCH3 is 3. The lowest BCUT2D eigenvalue weighted by Crippen LogP contribution is -2.14. The summed E-state index contributed by atoms with van der Waals surface area (Å²) in [7, 11) is 4.81. The number of allylic oxidation sites excluding steroid dienone is 1. The van der Waals surface area contributed by atoms with Crippen LogP contribution in [0, 0.1) is 0 Å². The maximum atomic E-state index is 12.8. The summed E-state index contributed by atoms with van der Waals surface area (Å²) in [5.74, 6) is 2.08. The SMILES string of the molecule is COc1ccc2c(c1)C(=O)/C(=C/c1ccc(OC)c(OC)c1)CC2. The molecule has 0 spiro atoms. The molecule has 0 saturated carbocycles. The fraction of sp³-hybridized carbons (Fsp3) is 0.250. The third kappa shape index (κ3) is 3.00. The van der Waals surface area contributed by atoms with Crippen molar-refractivity contribution in [3.05, 3.63) is 58.7 Å². The smallest absolute Gasteiger partial charge is 0.189 e. The van der Waals surface area contributed by atoms with Crippen LogP contribution < -0.4 is 14.2 Å². The number of benzene rings is 2. The molecule has 4 heteroatoms. The molecule has 4 nitrogen and oxygen atoms in total. The Balaban J connectivity index is 1.95.